The first-order chi connectivity index (χ1) is 7.69. The molecule has 0 N–H and O–H groups in total. The highest BCUT2D eigenvalue weighted by atomic mass is 35.5. The van der Waals surface area contributed by atoms with Gasteiger partial charge in [-0.2, -0.15) is 0 Å². The molecule has 0 aliphatic carbocycles. The number of rotatable bonds is 6. The molecule has 0 aromatic rings. The van der Waals surface area contributed by atoms with E-state index in [1.807, 2.05) is 11.8 Å². The Morgan fingerprint density at radius 2 is 2.19 bits per heavy atom. The third-order valence-electron chi connectivity index (χ3n) is 2.96. The Kier molecular flexibility index (Phi) is 6.14. The van der Waals surface area contributed by atoms with E-state index in [9.17, 15) is 4.79 Å². The zero-order chi connectivity index (χ0) is 12.0. The van der Waals surface area contributed by atoms with Gasteiger partial charge in [-0.05, 0) is 26.2 Å². The number of halogens is 1. The third-order valence-corrected chi connectivity index (χ3v) is 3.12. The SMILES string of the molecule is CCCCN(CCCl)C(=O)C1CCC(C)O1. The minimum absolute atomic E-state index is 0.124. The van der Waals surface area contributed by atoms with Crippen LogP contribution in [0.2, 0.25) is 0 Å². The van der Waals surface area contributed by atoms with Crippen LogP contribution in [0.25, 0.3) is 0 Å². The summed E-state index contributed by atoms with van der Waals surface area (Å²) in [6.45, 7) is 5.58. The van der Waals surface area contributed by atoms with Crippen molar-refractivity contribution in [1.29, 1.82) is 0 Å². The smallest absolute Gasteiger partial charge is 0.251 e. The van der Waals surface area contributed by atoms with Crippen LogP contribution in [0.3, 0.4) is 0 Å². The van der Waals surface area contributed by atoms with Gasteiger partial charge in [0.25, 0.3) is 5.91 Å². The van der Waals surface area contributed by atoms with Crippen molar-refractivity contribution in [1.82, 2.24) is 4.90 Å². The first-order valence-corrected chi connectivity index (χ1v) is 6.72. The second-order valence-electron chi connectivity index (χ2n) is 4.38. The Balaban J connectivity index is 2.45. The van der Waals surface area contributed by atoms with Crippen molar-refractivity contribution in [2.24, 2.45) is 0 Å². The molecule has 0 saturated carbocycles. The molecule has 1 aliphatic heterocycles. The number of unbranched alkanes of at least 4 members (excludes halogenated alkanes) is 1. The number of nitrogens with zero attached hydrogens (tertiary/aromatic N) is 1. The summed E-state index contributed by atoms with van der Waals surface area (Å²) in [5.41, 5.74) is 0. The van der Waals surface area contributed by atoms with Gasteiger partial charge in [0.2, 0.25) is 0 Å². The van der Waals surface area contributed by atoms with Crippen molar-refractivity contribution in [3.63, 3.8) is 0 Å². The maximum atomic E-state index is 12.1. The van der Waals surface area contributed by atoms with Crippen LogP contribution in [0.15, 0.2) is 0 Å². The van der Waals surface area contributed by atoms with Gasteiger partial charge in [0, 0.05) is 19.0 Å². The second kappa shape index (κ2) is 7.13. The van der Waals surface area contributed by atoms with Gasteiger partial charge in [-0.3, -0.25) is 4.79 Å². The molecule has 1 aliphatic rings. The number of hydrogen-bond donors (Lipinski definition) is 0. The van der Waals surface area contributed by atoms with Crippen molar-refractivity contribution >= 4 is 17.5 Å². The molecule has 1 amide bonds. The van der Waals surface area contributed by atoms with Gasteiger partial charge < -0.3 is 9.64 Å². The predicted molar refractivity (Wildman–Crippen MR) is 65.8 cm³/mol. The summed E-state index contributed by atoms with van der Waals surface area (Å²) in [4.78, 5) is 14.0. The molecule has 2 atom stereocenters. The lowest BCUT2D eigenvalue weighted by Crippen LogP contribution is -2.40. The normalized spacial score (nSPS) is 24.7. The van der Waals surface area contributed by atoms with E-state index >= 15 is 0 Å². The van der Waals surface area contributed by atoms with Crippen molar-refractivity contribution in [2.45, 2.75) is 51.7 Å². The Morgan fingerprint density at radius 1 is 1.44 bits per heavy atom. The van der Waals surface area contributed by atoms with E-state index in [0.717, 1.165) is 32.2 Å². The van der Waals surface area contributed by atoms with E-state index in [4.69, 9.17) is 16.3 Å². The van der Waals surface area contributed by atoms with E-state index in [1.54, 1.807) is 0 Å². The van der Waals surface area contributed by atoms with Crippen LogP contribution in [0.1, 0.15) is 39.5 Å². The molecule has 1 saturated heterocycles. The summed E-state index contributed by atoms with van der Waals surface area (Å²) in [6.07, 6.45) is 3.95. The molecule has 2 unspecified atom stereocenters. The quantitative estimate of drug-likeness (QED) is 0.675. The van der Waals surface area contributed by atoms with Gasteiger partial charge in [-0.1, -0.05) is 13.3 Å². The van der Waals surface area contributed by atoms with Gasteiger partial charge in [0.1, 0.15) is 6.10 Å². The number of hydrogen-bond acceptors (Lipinski definition) is 2. The standard InChI is InChI=1S/C12H22ClNO2/c1-3-4-8-14(9-7-13)12(15)11-6-5-10(2)16-11/h10-11H,3-9H2,1-2H3. The molecule has 16 heavy (non-hydrogen) atoms. The first-order valence-electron chi connectivity index (χ1n) is 6.19. The molecule has 0 spiro atoms. The molecule has 94 valence electrons. The molecule has 1 heterocycles. The maximum Gasteiger partial charge on any atom is 0.251 e. The molecule has 0 aromatic carbocycles. The summed E-state index contributed by atoms with van der Waals surface area (Å²) in [7, 11) is 0. The Bertz CT molecular complexity index is 223. The van der Waals surface area contributed by atoms with Gasteiger partial charge >= 0.3 is 0 Å². The molecule has 0 bridgehead atoms. The maximum absolute atomic E-state index is 12.1. The first kappa shape index (κ1) is 13.8. The average molecular weight is 248 g/mol. The summed E-state index contributed by atoms with van der Waals surface area (Å²) in [5, 5.41) is 0. The molecule has 1 fully saturated rings. The van der Waals surface area contributed by atoms with E-state index in [-0.39, 0.29) is 18.1 Å². The van der Waals surface area contributed by atoms with Crippen LogP contribution < -0.4 is 0 Å². The fourth-order valence-corrected chi connectivity index (χ4v) is 2.18. The molecule has 0 aromatic heterocycles. The number of ether oxygens (including phenoxy) is 1. The summed E-state index contributed by atoms with van der Waals surface area (Å²) in [5.74, 6) is 0.621. The lowest BCUT2D eigenvalue weighted by molar-refractivity contribution is -0.142. The van der Waals surface area contributed by atoms with Crippen LogP contribution in [0, 0.1) is 0 Å². The second-order valence-corrected chi connectivity index (χ2v) is 4.76. The van der Waals surface area contributed by atoms with Crippen LogP contribution in [0.4, 0.5) is 0 Å². The van der Waals surface area contributed by atoms with Crippen LogP contribution in [-0.4, -0.2) is 42.0 Å². The van der Waals surface area contributed by atoms with E-state index < -0.39 is 0 Å². The molecular formula is C12H22ClNO2. The Morgan fingerprint density at radius 3 is 2.69 bits per heavy atom. The lowest BCUT2D eigenvalue weighted by atomic mass is 10.2. The topological polar surface area (TPSA) is 29.5 Å². The number of amides is 1. The minimum Gasteiger partial charge on any atom is -0.365 e. The van der Waals surface area contributed by atoms with E-state index in [1.165, 1.54) is 0 Å². The van der Waals surface area contributed by atoms with Crippen LogP contribution in [0.5, 0.6) is 0 Å². The highest BCUT2D eigenvalue weighted by Gasteiger charge is 2.31. The fraction of sp³-hybridized carbons (Fsp3) is 0.917. The van der Waals surface area contributed by atoms with Gasteiger partial charge in [0.05, 0.1) is 6.10 Å². The highest BCUT2D eigenvalue weighted by molar-refractivity contribution is 6.18. The van der Waals surface area contributed by atoms with Crippen molar-refractivity contribution < 1.29 is 9.53 Å². The van der Waals surface area contributed by atoms with Gasteiger partial charge in [-0.15, -0.1) is 11.6 Å². The van der Waals surface area contributed by atoms with E-state index in [0.29, 0.717) is 12.4 Å². The van der Waals surface area contributed by atoms with Gasteiger partial charge in [-0.25, -0.2) is 0 Å². The Labute approximate surface area is 103 Å². The highest BCUT2D eigenvalue weighted by Crippen LogP contribution is 2.21. The average Bonchev–Trinajstić information content (AvgIpc) is 2.70. The number of carbonyl (C=O) groups is 1. The van der Waals surface area contributed by atoms with Crippen molar-refractivity contribution in [3.05, 3.63) is 0 Å². The number of carbonyl (C=O) groups excluding carboxylic acids is 1. The van der Waals surface area contributed by atoms with Gasteiger partial charge in [0.15, 0.2) is 0 Å². The molecule has 1 rings (SSSR count). The minimum atomic E-state index is -0.227. The summed E-state index contributed by atoms with van der Waals surface area (Å²) in [6, 6.07) is 0. The summed E-state index contributed by atoms with van der Waals surface area (Å²) >= 11 is 5.72. The van der Waals surface area contributed by atoms with Crippen LogP contribution >= 0.6 is 11.6 Å². The van der Waals surface area contributed by atoms with Crippen LogP contribution in [-0.2, 0) is 9.53 Å². The number of alkyl halides is 1. The van der Waals surface area contributed by atoms with Crippen molar-refractivity contribution in [2.75, 3.05) is 19.0 Å². The fourth-order valence-electron chi connectivity index (χ4n) is 1.97. The molecule has 3 nitrogen and oxygen atoms in total. The third kappa shape index (κ3) is 3.95. The zero-order valence-corrected chi connectivity index (χ0v) is 11.0. The zero-order valence-electron chi connectivity index (χ0n) is 10.2. The Hall–Kier alpha value is -0.280. The predicted octanol–water partition coefficient (Wildman–Crippen LogP) is 2.42. The largest absolute Gasteiger partial charge is 0.365 e. The molecule has 4 heteroatoms. The lowest BCUT2D eigenvalue weighted by Gasteiger charge is -2.24. The molecule has 0 radical (unpaired) electrons. The van der Waals surface area contributed by atoms with E-state index in [2.05, 4.69) is 6.92 Å². The summed E-state index contributed by atoms with van der Waals surface area (Å²) < 4.78 is 5.60. The molecular weight excluding hydrogens is 226 g/mol. The van der Waals surface area contributed by atoms with Crippen molar-refractivity contribution in [3.8, 4) is 0 Å². The monoisotopic (exact) mass is 247 g/mol.